The summed E-state index contributed by atoms with van der Waals surface area (Å²) in [5, 5.41) is 8.96. The highest BCUT2D eigenvalue weighted by molar-refractivity contribution is 7.89. The molecule has 5 nitrogen and oxygen atoms in total. The van der Waals surface area contributed by atoms with Gasteiger partial charge in [-0.2, -0.15) is 17.5 Å². The van der Waals surface area contributed by atoms with E-state index in [0.717, 1.165) is 5.56 Å². The standard InChI is InChI=1S/C14H16F3NO4S/c1-2-9-4-3-5-10(6-9)23(21,22)18-7-11(13(19)20)12(8-18)14(15,16)17/h3-6,11-12H,2,7-8H2,1H3,(H,19,20)/t11-,12-/m1/s1. The molecule has 0 saturated carbocycles. The largest absolute Gasteiger partial charge is 0.481 e. The molecule has 2 atom stereocenters. The third kappa shape index (κ3) is 3.50. The minimum atomic E-state index is -4.77. The summed E-state index contributed by atoms with van der Waals surface area (Å²) in [6, 6.07) is 5.91. The van der Waals surface area contributed by atoms with Crippen LogP contribution in [0.4, 0.5) is 13.2 Å². The number of aryl methyl sites for hydroxylation is 1. The van der Waals surface area contributed by atoms with Gasteiger partial charge in [0.25, 0.3) is 0 Å². The van der Waals surface area contributed by atoms with Gasteiger partial charge in [0.2, 0.25) is 10.0 Å². The molecule has 1 saturated heterocycles. The molecule has 1 heterocycles. The Labute approximate surface area is 131 Å². The molecule has 1 aromatic carbocycles. The van der Waals surface area contributed by atoms with E-state index in [1.54, 1.807) is 6.07 Å². The number of sulfonamides is 1. The van der Waals surface area contributed by atoms with Crippen LogP contribution in [0.2, 0.25) is 0 Å². The summed E-state index contributed by atoms with van der Waals surface area (Å²) in [5.74, 6) is -5.64. The molecule has 0 bridgehead atoms. The number of rotatable bonds is 4. The summed E-state index contributed by atoms with van der Waals surface area (Å²) in [5.41, 5.74) is 0.729. The lowest BCUT2D eigenvalue weighted by molar-refractivity contribution is -0.187. The zero-order valence-electron chi connectivity index (χ0n) is 12.2. The molecule has 0 aliphatic carbocycles. The second kappa shape index (κ2) is 6.12. The second-order valence-corrected chi connectivity index (χ2v) is 7.35. The van der Waals surface area contributed by atoms with Gasteiger partial charge in [0.15, 0.2) is 0 Å². The summed E-state index contributed by atoms with van der Waals surface area (Å²) < 4.78 is 64.5. The minimum Gasteiger partial charge on any atom is -0.481 e. The fourth-order valence-corrected chi connectivity index (χ4v) is 4.18. The maximum Gasteiger partial charge on any atom is 0.393 e. The summed E-state index contributed by atoms with van der Waals surface area (Å²) in [4.78, 5) is 10.9. The van der Waals surface area contributed by atoms with Gasteiger partial charge in [-0.3, -0.25) is 4.79 Å². The van der Waals surface area contributed by atoms with Gasteiger partial charge in [-0.05, 0) is 24.1 Å². The van der Waals surface area contributed by atoms with E-state index in [1.807, 2.05) is 6.92 Å². The van der Waals surface area contributed by atoms with E-state index in [1.165, 1.54) is 18.2 Å². The Morgan fingerprint density at radius 1 is 1.35 bits per heavy atom. The van der Waals surface area contributed by atoms with Crippen molar-refractivity contribution in [3.8, 4) is 0 Å². The molecule has 1 aliphatic rings. The summed E-state index contributed by atoms with van der Waals surface area (Å²) in [6.07, 6.45) is -4.19. The monoisotopic (exact) mass is 351 g/mol. The molecule has 0 aromatic heterocycles. The normalized spacial score (nSPS) is 23.1. The summed E-state index contributed by atoms with van der Waals surface area (Å²) >= 11 is 0. The molecule has 1 aromatic rings. The number of benzene rings is 1. The van der Waals surface area contributed by atoms with Crippen LogP contribution in [0, 0.1) is 11.8 Å². The van der Waals surface area contributed by atoms with Gasteiger partial charge in [0.05, 0.1) is 16.7 Å². The highest BCUT2D eigenvalue weighted by Crippen LogP contribution is 2.39. The lowest BCUT2D eigenvalue weighted by Crippen LogP contribution is -2.34. The number of hydrogen-bond acceptors (Lipinski definition) is 3. The number of halogens is 3. The van der Waals surface area contributed by atoms with Crippen LogP contribution < -0.4 is 0 Å². The van der Waals surface area contributed by atoms with E-state index >= 15 is 0 Å². The molecule has 2 rings (SSSR count). The van der Waals surface area contributed by atoms with Crippen molar-refractivity contribution in [3.63, 3.8) is 0 Å². The van der Waals surface area contributed by atoms with E-state index in [9.17, 15) is 26.4 Å². The Kier molecular flexibility index (Phi) is 4.72. The van der Waals surface area contributed by atoms with Crippen molar-refractivity contribution in [2.75, 3.05) is 13.1 Å². The molecule has 0 spiro atoms. The molecule has 9 heteroatoms. The molecule has 0 radical (unpaired) electrons. The van der Waals surface area contributed by atoms with Gasteiger partial charge in [-0.1, -0.05) is 19.1 Å². The van der Waals surface area contributed by atoms with Crippen LogP contribution >= 0.6 is 0 Å². The smallest absolute Gasteiger partial charge is 0.393 e. The number of carbonyl (C=O) groups is 1. The first-order valence-electron chi connectivity index (χ1n) is 6.96. The number of carboxylic acid groups (broad SMARTS) is 1. The average Bonchev–Trinajstić information content (AvgIpc) is 2.93. The number of aliphatic carboxylic acids is 1. The number of carboxylic acids is 1. The van der Waals surface area contributed by atoms with Crippen molar-refractivity contribution in [2.45, 2.75) is 24.4 Å². The Morgan fingerprint density at radius 3 is 2.48 bits per heavy atom. The second-order valence-electron chi connectivity index (χ2n) is 5.42. The first-order chi connectivity index (χ1) is 10.6. The predicted molar refractivity (Wildman–Crippen MR) is 75.2 cm³/mol. The zero-order valence-corrected chi connectivity index (χ0v) is 13.1. The lowest BCUT2D eigenvalue weighted by Gasteiger charge is -2.18. The van der Waals surface area contributed by atoms with Gasteiger partial charge in [0, 0.05) is 13.1 Å². The quantitative estimate of drug-likeness (QED) is 0.902. The van der Waals surface area contributed by atoms with Crippen LogP contribution in [0.15, 0.2) is 29.2 Å². The Morgan fingerprint density at radius 2 is 2.00 bits per heavy atom. The predicted octanol–water partition coefficient (Wildman–Crippen LogP) is 2.13. The molecule has 23 heavy (non-hydrogen) atoms. The Balaban J connectivity index is 2.36. The highest BCUT2D eigenvalue weighted by Gasteiger charge is 2.54. The molecule has 1 N–H and O–H groups in total. The Hall–Kier alpha value is -1.61. The fraction of sp³-hybridized carbons (Fsp3) is 0.500. The number of alkyl halides is 3. The lowest BCUT2D eigenvalue weighted by atomic mass is 9.96. The topological polar surface area (TPSA) is 74.7 Å². The first-order valence-corrected chi connectivity index (χ1v) is 8.40. The van der Waals surface area contributed by atoms with Gasteiger partial charge >= 0.3 is 12.1 Å². The third-order valence-corrected chi connectivity index (χ3v) is 5.80. The maximum atomic E-state index is 13.0. The van der Waals surface area contributed by atoms with Crippen LogP contribution in [-0.4, -0.2) is 43.1 Å². The molecule has 128 valence electrons. The Bertz CT molecular complexity index is 702. The van der Waals surface area contributed by atoms with Gasteiger partial charge < -0.3 is 5.11 Å². The van der Waals surface area contributed by atoms with Crippen LogP contribution in [0.5, 0.6) is 0 Å². The van der Waals surface area contributed by atoms with Crippen molar-refractivity contribution >= 4 is 16.0 Å². The van der Waals surface area contributed by atoms with Crippen molar-refractivity contribution < 1.29 is 31.5 Å². The van der Waals surface area contributed by atoms with Crippen molar-refractivity contribution in [1.82, 2.24) is 4.31 Å². The van der Waals surface area contributed by atoms with Gasteiger partial charge in [-0.25, -0.2) is 8.42 Å². The number of hydrogen-bond donors (Lipinski definition) is 1. The van der Waals surface area contributed by atoms with Crippen LogP contribution in [0.3, 0.4) is 0 Å². The van der Waals surface area contributed by atoms with Crippen molar-refractivity contribution in [2.24, 2.45) is 11.8 Å². The van der Waals surface area contributed by atoms with Gasteiger partial charge in [-0.15, -0.1) is 0 Å². The third-order valence-electron chi connectivity index (χ3n) is 3.97. The molecular weight excluding hydrogens is 335 g/mol. The molecule has 1 fully saturated rings. The summed E-state index contributed by atoms with van der Waals surface area (Å²) in [7, 11) is -4.16. The van der Waals surface area contributed by atoms with E-state index in [2.05, 4.69) is 0 Å². The SMILES string of the molecule is CCc1cccc(S(=O)(=O)N2C[C@@H](C(F)(F)F)[C@H](C(=O)O)C2)c1. The van der Waals surface area contributed by atoms with E-state index < -0.39 is 47.1 Å². The van der Waals surface area contributed by atoms with E-state index in [4.69, 9.17) is 5.11 Å². The van der Waals surface area contributed by atoms with E-state index in [-0.39, 0.29) is 4.90 Å². The summed E-state index contributed by atoms with van der Waals surface area (Å²) in [6.45, 7) is 0.263. The van der Waals surface area contributed by atoms with Crippen LogP contribution in [-0.2, 0) is 21.2 Å². The molecule has 0 unspecified atom stereocenters. The number of nitrogens with zero attached hydrogens (tertiary/aromatic N) is 1. The van der Waals surface area contributed by atoms with Crippen LogP contribution in [0.25, 0.3) is 0 Å². The molecule has 1 aliphatic heterocycles. The van der Waals surface area contributed by atoms with Gasteiger partial charge in [0.1, 0.15) is 0 Å². The molecule has 0 amide bonds. The first kappa shape index (κ1) is 17.7. The van der Waals surface area contributed by atoms with E-state index in [0.29, 0.717) is 10.7 Å². The van der Waals surface area contributed by atoms with Crippen molar-refractivity contribution in [1.29, 1.82) is 0 Å². The average molecular weight is 351 g/mol. The highest BCUT2D eigenvalue weighted by atomic mass is 32.2. The molecular formula is C14H16F3NO4S. The van der Waals surface area contributed by atoms with Crippen LogP contribution in [0.1, 0.15) is 12.5 Å². The fourth-order valence-electron chi connectivity index (χ4n) is 2.62. The van der Waals surface area contributed by atoms with Crippen molar-refractivity contribution in [3.05, 3.63) is 29.8 Å². The minimum absolute atomic E-state index is 0.121. The zero-order chi connectivity index (χ0) is 17.4. The maximum absolute atomic E-state index is 13.0.